The number of carbonyl (C=O) groups excluding carboxylic acids is 1. The van der Waals surface area contributed by atoms with Gasteiger partial charge in [-0.3, -0.25) is 14.4 Å². The molecule has 7 nitrogen and oxygen atoms in total. The molecule has 1 aliphatic carbocycles. The molecular weight excluding hydrogens is 322 g/mol. The van der Waals surface area contributed by atoms with E-state index in [1.165, 1.54) is 0 Å². The maximum Gasteiger partial charge on any atom is 0.307 e. The molecule has 1 fully saturated rings. The van der Waals surface area contributed by atoms with Crippen molar-refractivity contribution in [2.24, 2.45) is 17.3 Å². The van der Waals surface area contributed by atoms with Crippen LogP contribution in [-0.2, 0) is 16.1 Å². The van der Waals surface area contributed by atoms with Gasteiger partial charge in [-0.05, 0) is 24.5 Å². The van der Waals surface area contributed by atoms with Gasteiger partial charge in [0.25, 0.3) is 5.56 Å². The normalized spacial score (nSPS) is 21.1. The van der Waals surface area contributed by atoms with Crippen LogP contribution < -0.4 is 5.56 Å². The second kappa shape index (κ2) is 5.98. The fourth-order valence-corrected chi connectivity index (χ4v) is 3.49. The number of hydrogen-bond donors (Lipinski definition) is 2. The summed E-state index contributed by atoms with van der Waals surface area (Å²) in [6.07, 6.45) is 0. The molecule has 2 aromatic rings. The Labute approximate surface area is 144 Å². The zero-order valence-corrected chi connectivity index (χ0v) is 14.4. The number of nitrogens with zero attached hydrogens (tertiary/aromatic N) is 2. The maximum atomic E-state index is 12.8. The number of aliphatic carboxylic acids is 1. The molecule has 1 aliphatic rings. The standard InChI is InChI=1S/C18H21N3O4/c1-4-21(16(23)13-14(17(24)25)18(13,2)3)9-12-19-11-8-6-5-7-10(11)15(22)20-12/h5-8,13-14H,4,9H2,1-3H3,(H,24,25)(H,19,20,22)/t13-,14+/m0/s1. The van der Waals surface area contributed by atoms with Crippen molar-refractivity contribution in [1.29, 1.82) is 0 Å². The minimum absolute atomic E-state index is 0.147. The molecule has 2 N–H and O–H groups in total. The van der Waals surface area contributed by atoms with E-state index >= 15 is 0 Å². The van der Waals surface area contributed by atoms with Crippen LogP contribution >= 0.6 is 0 Å². The second-order valence-electron chi connectivity index (χ2n) is 7.00. The number of aromatic nitrogens is 2. The van der Waals surface area contributed by atoms with Gasteiger partial charge in [0, 0.05) is 6.54 Å². The summed E-state index contributed by atoms with van der Waals surface area (Å²) in [5, 5.41) is 9.77. The summed E-state index contributed by atoms with van der Waals surface area (Å²) in [6, 6.07) is 7.00. The molecule has 3 rings (SSSR count). The van der Waals surface area contributed by atoms with Gasteiger partial charge >= 0.3 is 5.97 Å². The van der Waals surface area contributed by atoms with Gasteiger partial charge < -0.3 is 15.0 Å². The highest BCUT2D eigenvalue weighted by Crippen LogP contribution is 2.59. The molecule has 1 amide bonds. The van der Waals surface area contributed by atoms with Gasteiger partial charge in [-0.25, -0.2) is 4.98 Å². The predicted molar refractivity (Wildman–Crippen MR) is 91.9 cm³/mol. The number of carbonyl (C=O) groups is 2. The molecule has 1 aromatic heterocycles. The van der Waals surface area contributed by atoms with Crippen LogP contribution in [0.1, 0.15) is 26.6 Å². The first-order valence-corrected chi connectivity index (χ1v) is 8.27. The van der Waals surface area contributed by atoms with Crippen LogP contribution in [-0.4, -0.2) is 38.4 Å². The van der Waals surface area contributed by atoms with Gasteiger partial charge in [0.1, 0.15) is 5.82 Å². The Hall–Kier alpha value is -2.70. The first-order valence-electron chi connectivity index (χ1n) is 8.27. The molecule has 0 aliphatic heterocycles. The number of para-hydroxylation sites is 1. The molecule has 7 heteroatoms. The van der Waals surface area contributed by atoms with Crippen LogP contribution in [0, 0.1) is 17.3 Å². The van der Waals surface area contributed by atoms with E-state index in [1.54, 1.807) is 43.0 Å². The van der Waals surface area contributed by atoms with Crippen molar-refractivity contribution in [1.82, 2.24) is 14.9 Å². The predicted octanol–water partition coefficient (Wildman–Crippen LogP) is 1.63. The molecule has 1 heterocycles. The summed E-state index contributed by atoms with van der Waals surface area (Å²) >= 11 is 0. The summed E-state index contributed by atoms with van der Waals surface area (Å²) in [7, 11) is 0. The van der Waals surface area contributed by atoms with Crippen molar-refractivity contribution < 1.29 is 14.7 Å². The molecule has 132 valence electrons. The average molecular weight is 343 g/mol. The lowest BCUT2D eigenvalue weighted by Crippen LogP contribution is -2.34. The minimum Gasteiger partial charge on any atom is -0.481 e. The van der Waals surface area contributed by atoms with Crippen molar-refractivity contribution in [2.45, 2.75) is 27.3 Å². The van der Waals surface area contributed by atoms with Crippen molar-refractivity contribution in [3.8, 4) is 0 Å². The topological polar surface area (TPSA) is 103 Å². The van der Waals surface area contributed by atoms with Crippen molar-refractivity contribution in [2.75, 3.05) is 6.54 Å². The number of carboxylic acids is 1. The third-order valence-electron chi connectivity index (χ3n) is 5.06. The van der Waals surface area contributed by atoms with E-state index in [4.69, 9.17) is 0 Å². The second-order valence-corrected chi connectivity index (χ2v) is 7.00. The lowest BCUT2D eigenvalue weighted by Gasteiger charge is -2.21. The SMILES string of the molecule is CCN(Cc1nc2ccccc2c(=O)[nH]1)C(=O)[C@@H]1[C@H](C(=O)O)C1(C)C. The number of hydrogen-bond acceptors (Lipinski definition) is 4. The van der Waals surface area contributed by atoms with Crippen molar-refractivity contribution in [3.63, 3.8) is 0 Å². The highest BCUT2D eigenvalue weighted by atomic mass is 16.4. The van der Waals surface area contributed by atoms with E-state index in [0.29, 0.717) is 23.3 Å². The van der Waals surface area contributed by atoms with E-state index in [0.717, 1.165) is 0 Å². The van der Waals surface area contributed by atoms with Gasteiger partial charge in [0.05, 0.1) is 29.3 Å². The molecule has 0 unspecified atom stereocenters. The Balaban J connectivity index is 1.85. The molecule has 0 saturated heterocycles. The largest absolute Gasteiger partial charge is 0.481 e. The summed E-state index contributed by atoms with van der Waals surface area (Å²) < 4.78 is 0. The maximum absolute atomic E-state index is 12.8. The Kier molecular flexibility index (Phi) is 4.10. The zero-order chi connectivity index (χ0) is 18.4. The lowest BCUT2D eigenvalue weighted by atomic mass is 10.1. The van der Waals surface area contributed by atoms with Gasteiger partial charge in [-0.15, -0.1) is 0 Å². The first kappa shape index (κ1) is 17.1. The Morgan fingerprint density at radius 2 is 1.96 bits per heavy atom. The van der Waals surface area contributed by atoms with Crippen LogP contribution in [0.15, 0.2) is 29.1 Å². The average Bonchev–Trinajstić information content (AvgIpc) is 3.15. The third kappa shape index (κ3) is 2.90. The third-order valence-corrected chi connectivity index (χ3v) is 5.06. The van der Waals surface area contributed by atoms with E-state index in [-0.39, 0.29) is 18.0 Å². The summed E-state index contributed by atoms with van der Waals surface area (Å²) in [5.41, 5.74) is -0.236. The van der Waals surface area contributed by atoms with Crippen LogP contribution in [0.3, 0.4) is 0 Å². The number of fused-ring (bicyclic) bond motifs is 1. The Morgan fingerprint density at radius 1 is 1.28 bits per heavy atom. The van der Waals surface area contributed by atoms with Crippen LogP contribution in [0.25, 0.3) is 10.9 Å². The first-order chi connectivity index (χ1) is 11.8. The van der Waals surface area contributed by atoms with Gasteiger partial charge in [0.15, 0.2) is 0 Å². The number of rotatable bonds is 5. The van der Waals surface area contributed by atoms with E-state index < -0.39 is 23.2 Å². The summed E-state index contributed by atoms with van der Waals surface area (Å²) in [6.45, 7) is 5.96. The van der Waals surface area contributed by atoms with Crippen molar-refractivity contribution in [3.05, 3.63) is 40.4 Å². The van der Waals surface area contributed by atoms with E-state index in [2.05, 4.69) is 9.97 Å². The molecule has 1 saturated carbocycles. The summed E-state index contributed by atoms with van der Waals surface area (Å²) in [5.74, 6) is -1.98. The number of aromatic amines is 1. The smallest absolute Gasteiger partial charge is 0.307 e. The monoisotopic (exact) mass is 343 g/mol. The lowest BCUT2D eigenvalue weighted by molar-refractivity contribution is -0.142. The zero-order valence-electron chi connectivity index (χ0n) is 14.4. The fraction of sp³-hybridized carbons (Fsp3) is 0.444. The number of amides is 1. The molecule has 1 aromatic carbocycles. The van der Waals surface area contributed by atoms with Crippen molar-refractivity contribution >= 4 is 22.8 Å². The highest BCUT2D eigenvalue weighted by molar-refractivity contribution is 5.91. The quantitative estimate of drug-likeness (QED) is 0.859. The van der Waals surface area contributed by atoms with E-state index in [1.807, 2.05) is 6.92 Å². The molecule has 0 radical (unpaired) electrons. The Bertz CT molecular complexity index is 903. The molecule has 0 bridgehead atoms. The Morgan fingerprint density at radius 3 is 2.56 bits per heavy atom. The van der Waals surface area contributed by atoms with Crippen LogP contribution in [0.4, 0.5) is 0 Å². The highest BCUT2D eigenvalue weighted by Gasteiger charge is 2.66. The van der Waals surface area contributed by atoms with Gasteiger partial charge in [-0.2, -0.15) is 0 Å². The number of nitrogens with one attached hydrogen (secondary N) is 1. The van der Waals surface area contributed by atoms with Gasteiger partial charge in [0.2, 0.25) is 5.91 Å². The summed E-state index contributed by atoms with van der Waals surface area (Å²) in [4.78, 5) is 44.9. The van der Waals surface area contributed by atoms with Gasteiger partial charge in [-0.1, -0.05) is 26.0 Å². The molecular formula is C18H21N3O4. The van der Waals surface area contributed by atoms with Crippen LogP contribution in [0.5, 0.6) is 0 Å². The minimum atomic E-state index is -0.948. The number of carboxylic acid groups (broad SMARTS) is 1. The van der Waals surface area contributed by atoms with Crippen LogP contribution in [0.2, 0.25) is 0 Å². The molecule has 25 heavy (non-hydrogen) atoms. The van der Waals surface area contributed by atoms with E-state index in [9.17, 15) is 19.5 Å². The fourth-order valence-electron chi connectivity index (χ4n) is 3.49. The molecule has 2 atom stereocenters. The number of H-pyrrole nitrogens is 1. The number of benzene rings is 1. The molecule has 0 spiro atoms.